The van der Waals surface area contributed by atoms with Gasteiger partial charge >= 0.3 is 0 Å². The van der Waals surface area contributed by atoms with E-state index in [1.807, 2.05) is 55.0 Å². The van der Waals surface area contributed by atoms with Crippen LogP contribution in [0.15, 0.2) is 59.1 Å². The van der Waals surface area contributed by atoms with Gasteiger partial charge in [-0.25, -0.2) is 0 Å². The van der Waals surface area contributed by atoms with E-state index in [2.05, 4.69) is 22.5 Å². The largest absolute Gasteiger partial charge is 0.489 e. The number of carbonyl (C=O) groups excluding carboxylic acids is 2. The van der Waals surface area contributed by atoms with Crippen LogP contribution in [-0.4, -0.2) is 29.3 Å². The van der Waals surface area contributed by atoms with Gasteiger partial charge in [-0.1, -0.05) is 24.3 Å². The minimum atomic E-state index is -0.398. The molecule has 1 heterocycles. The fraction of sp³-hybridized carbons (Fsp3) is 0.304. The van der Waals surface area contributed by atoms with Crippen molar-refractivity contribution in [3.8, 4) is 0 Å². The van der Waals surface area contributed by atoms with Gasteiger partial charge in [-0.3, -0.25) is 9.59 Å². The third-order valence-corrected chi connectivity index (χ3v) is 5.66. The van der Waals surface area contributed by atoms with Crippen LogP contribution >= 0.6 is 15.9 Å². The summed E-state index contributed by atoms with van der Waals surface area (Å²) < 4.78 is 13.3. The van der Waals surface area contributed by atoms with Gasteiger partial charge in [0.1, 0.15) is 4.48 Å². The fourth-order valence-corrected chi connectivity index (χ4v) is 3.86. The van der Waals surface area contributed by atoms with Crippen LogP contribution in [0.2, 0.25) is 0 Å². The molecule has 6 heteroatoms. The standard InChI is InChI=1S/C23H24BrNO4/c1-6-23(4,5)25-13-15(14-11-9-10-12-16(14)25)17-19(26)22(29-8-3)18(24)20(27)21(17)28-7-2/h6,9-13H,1,7-8H2,2-5H3. The van der Waals surface area contributed by atoms with E-state index in [0.29, 0.717) is 5.56 Å². The van der Waals surface area contributed by atoms with Crippen molar-refractivity contribution in [2.75, 3.05) is 13.2 Å². The van der Waals surface area contributed by atoms with Crippen molar-refractivity contribution in [3.05, 3.63) is 64.7 Å². The summed E-state index contributed by atoms with van der Waals surface area (Å²) >= 11 is 3.22. The number of hydrogen-bond acceptors (Lipinski definition) is 4. The Morgan fingerprint density at radius 3 is 2.31 bits per heavy atom. The van der Waals surface area contributed by atoms with Crippen LogP contribution in [0.3, 0.4) is 0 Å². The van der Waals surface area contributed by atoms with Gasteiger partial charge in [0.15, 0.2) is 11.5 Å². The van der Waals surface area contributed by atoms with Crippen LogP contribution < -0.4 is 0 Å². The molecule has 0 amide bonds. The number of carbonyl (C=O) groups is 2. The number of allylic oxidation sites excluding steroid dienone is 3. The first kappa shape index (κ1) is 21.1. The lowest BCUT2D eigenvalue weighted by molar-refractivity contribution is -0.119. The number of hydrogen-bond donors (Lipinski definition) is 0. The molecule has 0 atom stereocenters. The quantitative estimate of drug-likeness (QED) is 0.428. The molecule has 0 fully saturated rings. The molecule has 0 aliphatic heterocycles. The SMILES string of the molecule is C=CC(C)(C)n1cc(C2=C(OCC)C(=O)C(Br)=C(OCC)C2=O)c2ccccc21. The van der Waals surface area contributed by atoms with E-state index in [1.165, 1.54) is 0 Å². The number of halogens is 1. The molecule has 0 radical (unpaired) electrons. The summed E-state index contributed by atoms with van der Waals surface area (Å²) in [4.78, 5) is 26.4. The second kappa shape index (κ2) is 8.03. The fourth-order valence-electron chi connectivity index (χ4n) is 3.39. The van der Waals surface area contributed by atoms with Crippen molar-refractivity contribution in [2.24, 2.45) is 0 Å². The second-order valence-corrected chi connectivity index (χ2v) is 7.95. The molecule has 3 rings (SSSR count). The average molecular weight is 458 g/mol. The predicted octanol–water partition coefficient (Wildman–Crippen LogP) is 5.10. The summed E-state index contributed by atoms with van der Waals surface area (Å²) in [5.41, 5.74) is 1.39. The zero-order valence-corrected chi connectivity index (χ0v) is 18.6. The number of Topliss-reactive ketones (excluding diaryl/α,β-unsaturated/α-hetero) is 2. The van der Waals surface area contributed by atoms with E-state index in [0.717, 1.165) is 10.9 Å². The van der Waals surface area contributed by atoms with Crippen LogP contribution in [0, 0.1) is 0 Å². The molecular weight excluding hydrogens is 434 g/mol. The van der Waals surface area contributed by atoms with Gasteiger partial charge in [-0.2, -0.15) is 0 Å². The summed E-state index contributed by atoms with van der Waals surface area (Å²) in [7, 11) is 0. The molecule has 0 unspecified atom stereocenters. The average Bonchev–Trinajstić information content (AvgIpc) is 3.10. The number of aromatic nitrogens is 1. The van der Waals surface area contributed by atoms with Crippen molar-refractivity contribution in [2.45, 2.75) is 33.2 Å². The Morgan fingerprint density at radius 2 is 1.69 bits per heavy atom. The smallest absolute Gasteiger partial charge is 0.239 e. The Kier molecular flexibility index (Phi) is 5.85. The Morgan fingerprint density at radius 1 is 1.07 bits per heavy atom. The number of fused-ring (bicyclic) bond motifs is 1. The number of nitrogens with zero attached hydrogens (tertiary/aromatic N) is 1. The lowest BCUT2D eigenvalue weighted by Gasteiger charge is -2.24. The van der Waals surface area contributed by atoms with Gasteiger partial charge < -0.3 is 14.0 Å². The van der Waals surface area contributed by atoms with Gasteiger partial charge in [0.05, 0.1) is 24.3 Å². The lowest BCUT2D eigenvalue weighted by atomic mass is 9.93. The maximum atomic E-state index is 13.4. The van der Waals surface area contributed by atoms with Crippen LogP contribution in [-0.2, 0) is 24.6 Å². The predicted molar refractivity (Wildman–Crippen MR) is 118 cm³/mol. The summed E-state index contributed by atoms with van der Waals surface area (Å²) in [5.74, 6) is -0.728. The summed E-state index contributed by atoms with van der Waals surface area (Å²) in [6, 6.07) is 7.76. The van der Waals surface area contributed by atoms with E-state index in [4.69, 9.17) is 9.47 Å². The van der Waals surface area contributed by atoms with Crippen LogP contribution in [0.1, 0.15) is 33.3 Å². The first-order valence-electron chi connectivity index (χ1n) is 9.52. The molecule has 0 saturated carbocycles. The van der Waals surface area contributed by atoms with Gasteiger partial charge in [-0.15, -0.1) is 6.58 Å². The number of benzene rings is 1. The topological polar surface area (TPSA) is 57.5 Å². The number of ketones is 2. The van der Waals surface area contributed by atoms with E-state index in [9.17, 15) is 9.59 Å². The van der Waals surface area contributed by atoms with Crippen molar-refractivity contribution in [1.29, 1.82) is 0 Å². The molecule has 1 aromatic heterocycles. The Balaban J connectivity index is 2.35. The van der Waals surface area contributed by atoms with Gasteiger partial charge in [0.2, 0.25) is 11.6 Å². The van der Waals surface area contributed by atoms with Crippen LogP contribution in [0.5, 0.6) is 0 Å². The number of rotatable bonds is 7. The van der Waals surface area contributed by atoms with Gasteiger partial charge in [0, 0.05) is 22.7 Å². The van der Waals surface area contributed by atoms with E-state index >= 15 is 0 Å². The third kappa shape index (κ3) is 3.46. The zero-order chi connectivity index (χ0) is 21.3. The Bertz CT molecular complexity index is 1070. The maximum absolute atomic E-state index is 13.4. The van der Waals surface area contributed by atoms with Gasteiger partial charge in [-0.05, 0) is 49.7 Å². The van der Waals surface area contributed by atoms with Crippen molar-refractivity contribution in [1.82, 2.24) is 4.57 Å². The zero-order valence-electron chi connectivity index (χ0n) is 17.0. The molecule has 1 aliphatic rings. The molecule has 0 saturated heterocycles. The molecule has 2 aromatic rings. The monoisotopic (exact) mass is 457 g/mol. The highest BCUT2D eigenvalue weighted by Crippen LogP contribution is 2.39. The summed E-state index contributed by atoms with van der Waals surface area (Å²) in [5, 5.41) is 0.852. The highest BCUT2D eigenvalue weighted by atomic mass is 79.9. The molecule has 0 spiro atoms. The number of ether oxygens (including phenoxy) is 2. The summed E-state index contributed by atoms with van der Waals surface area (Å²) in [6.07, 6.45) is 3.73. The second-order valence-electron chi connectivity index (χ2n) is 7.16. The maximum Gasteiger partial charge on any atom is 0.239 e. The molecule has 5 nitrogen and oxygen atoms in total. The highest BCUT2D eigenvalue weighted by Gasteiger charge is 2.38. The van der Waals surface area contributed by atoms with Crippen LogP contribution in [0.4, 0.5) is 0 Å². The minimum absolute atomic E-state index is 0.00997. The van der Waals surface area contributed by atoms with Gasteiger partial charge in [0.25, 0.3) is 0 Å². The molecule has 1 aromatic carbocycles. The number of para-hydroxylation sites is 1. The minimum Gasteiger partial charge on any atom is -0.489 e. The molecule has 152 valence electrons. The molecule has 0 bridgehead atoms. The molecule has 29 heavy (non-hydrogen) atoms. The molecule has 1 aliphatic carbocycles. The molecule has 0 N–H and O–H groups in total. The Hall–Kier alpha value is -2.60. The van der Waals surface area contributed by atoms with E-state index in [1.54, 1.807) is 13.8 Å². The van der Waals surface area contributed by atoms with E-state index < -0.39 is 11.3 Å². The highest BCUT2D eigenvalue weighted by molar-refractivity contribution is 9.12. The van der Waals surface area contributed by atoms with Crippen molar-refractivity contribution in [3.63, 3.8) is 0 Å². The third-order valence-electron chi connectivity index (χ3n) is 4.94. The first-order chi connectivity index (χ1) is 13.8. The lowest BCUT2D eigenvalue weighted by Crippen LogP contribution is -2.25. The molecular formula is C23H24BrNO4. The Labute approximate surface area is 178 Å². The van der Waals surface area contributed by atoms with E-state index in [-0.39, 0.29) is 40.6 Å². The summed E-state index contributed by atoms with van der Waals surface area (Å²) in [6.45, 7) is 12.1. The normalized spacial score (nSPS) is 15.3. The van der Waals surface area contributed by atoms with Crippen molar-refractivity contribution >= 4 is 44.0 Å². The first-order valence-corrected chi connectivity index (χ1v) is 10.3. The van der Waals surface area contributed by atoms with Crippen molar-refractivity contribution < 1.29 is 19.1 Å². The van der Waals surface area contributed by atoms with Crippen LogP contribution in [0.25, 0.3) is 16.5 Å².